The highest BCUT2D eigenvalue weighted by Gasteiger charge is 2.21. The highest BCUT2D eigenvalue weighted by atomic mass is 32.1. The quantitative estimate of drug-likeness (QED) is 0.208. The Morgan fingerprint density at radius 1 is 0.477 bits per heavy atom. The summed E-state index contributed by atoms with van der Waals surface area (Å²) < 4.78 is 4.83. The number of para-hydroxylation sites is 1. The molecule has 3 heterocycles. The fourth-order valence-electron chi connectivity index (χ4n) is 6.44. The number of hydrogen-bond donors (Lipinski definition) is 0. The maximum absolute atomic E-state index is 5.26. The van der Waals surface area contributed by atoms with Crippen LogP contribution < -0.4 is 0 Å². The lowest BCUT2D eigenvalue weighted by atomic mass is 10.0. The monoisotopic (exact) mass is 579 g/mol. The molecule has 4 heteroatoms. The molecule has 0 aliphatic heterocycles. The second-order valence-corrected chi connectivity index (χ2v) is 12.1. The molecule has 0 amide bonds. The SMILES string of the molecule is c1ccc(-c2cc(-c3ccccc3)nc(-n3c4ccccc4c4ccc5sc6c(-c7ccccc7)cccc6c5c43)n2)cc1. The van der Waals surface area contributed by atoms with Gasteiger partial charge in [0.15, 0.2) is 0 Å². The molecule has 9 aromatic rings. The molecule has 0 fully saturated rings. The first kappa shape index (κ1) is 25.0. The van der Waals surface area contributed by atoms with Crippen LogP contribution >= 0.6 is 11.3 Å². The van der Waals surface area contributed by atoms with Gasteiger partial charge in [-0.15, -0.1) is 11.3 Å². The average Bonchev–Trinajstić information content (AvgIpc) is 3.65. The minimum atomic E-state index is 0.669. The fraction of sp³-hybridized carbons (Fsp3) is 0. The molecular formula is C40H25N3S. The lowest BCUT2D eigenvalue weighted by Crippen LogP contribution is -2.04. The standard InChI is InChI=1S/C40H25N3S/c1-4-13-26(14-5-1)29-20-12-21-32-37-36(44-39(29)32)24-23-31-30-19-10-11-22-35(30)43(38(31)37)40-41-33(27-15-6-2-7-16-27)25-34(42-40)28-17-8-3-9-18-28/h1-25H. The molecule has 206 valence electrons. The number of aromatic nitrogens is 3. The summed E-state index contributed by atoms with van der Waals surface area (Å²) in [6, 6.07) is 53.4. The maximum Gasteiger partial charge on any atom is 0.235 e. The van der Waals surface area contributed by atoms with Gasteiger partial charge >= 0.3 is 0 Å². The van der Waals surface area contributed by atoms with Crippen molar-refractivity contribution in [3.8, 4) is 39.6 Å². The Bertz CT molecular complexity index is 2420. The lowest BCUT2D eigenvalue weighted by Gasteiger charge is -2.12. The summed E-state index contributed by atoms with van der Waals surface area (Å²) in [5.74, 6) is 0.669. The number of benzene rings is 6. The highest BCUT2D eigenvalue weighted by Crippen LogP contribution is 2.45. The molecule has 3 nitrogen and oxygen atoms in total. The molecule has 0 aliphatic rings. The van der Waals surface area contributed by atoms with Gasteiger partial charge in [-0.05, 0) is 29.3 Å². The Balaban J connectivity index is 1.42. The zero-order chi connectivity index (χ0) is 29.0. The van der Waals surface area contributed by atoms with Gasteiger partial charge in [-0.2, -0.15) is 0 Å². The van der Waals surface area contributed by atoms with Crippen LogP contribution in [0.15, 0.2) is 152 Å². The Morgan fingerprint density at radius 2 is 1.07 bits per heavy atom. The van der Waals surface area contributed by atoms with Gasteiger partial charge < -0.3 is 0 Å². The predicted octanol–water partition coefficient (Wildman–Crippen LogP) is 10.9. The molecule has 44 heavy (non-hydrogen) atoms. The molecule has 0 saturated heterocycles. The van der Waals surface area contributed by atoms with Crippen molar-refractivity contribution in [1.29, 1.82) is 0 Å². The van der Waals surface area contributed by atoms with Crippen LogP contribution in [0.1, 0.15) is 0 Å². The second kappa shape index (κ2) is 10.0. The van der Waals surface area contributed by atoms with Gasteiger partial charge in [-0.3, -0.25) is 4.57 Å². The summed E-state index contributed by atoms with van der Waals surface area (Å²) in [4.78, 5) is 10.5. The van der Waals surface area contributed by atoms with Crippen LogP contribution in [-0.4, -0.2) is 14.5 Å². The van der Waals surface area contributed by atoms with Crippen molar-refractivity contribution in [3.05, 3.63) is 152 Å². The topological polar surface area (TPSA) is 30.7 Å². The van der Waals surface area contributed by atoms with E-state index in [0.717, 1.165) is 33.5 Å². The number of rotatable bonds is 4. The Morgan fingerprint density at radius 3 is 1.75 bits per heavy atom. The third kappa shape index (κ3) is 3.89. The molecule has 9 rings (SSSR count). The van der Waals surface area contributed by atoms with Gasteiger partial charge in [0.05, 0.1) is 22.4 Å². The third-order valence-electron chi connectivity index (χ3n) is 8.43. The van der Waals surface area contributed by atoms with E-state index in [0.29, 0.717) is 5.95 Å². The summed E-state index contributed by atoms with van der Waals surface area (Å²) >= 11 is 1.86. The maximum atomic E-state index is 5.26. The molecule has 0 aliphatic carbocycles. The van der Waals surface area contributed by atoms with Crippen LogP contribution in [0.3, 0.4) is 0 Å². The molecule has 6 aromatic carbocycles. The van der Waals surface area contributed by atoms with E-state index in [1.165, 1.54) is 42.1 Å². The molecule has 0 spiro atoms. The number of hydrogen-bond acceptors (Lipinski definition) is 3. The first-order valence-corrected chi connectivity index (χ1v) is 15.6. The number of nitrogens with zero attached hydrogens (tertiary/aromatic N) is 3. The summed E-state index contributed by atoms with van der Waals surface area (Å²) in [5, 5.41) is 4.89. The van der Waals surface area contributed by atoms with E-state index in [1.54, 1.807) is 0 Å². The van der Waals surface area contributed by atoms with Crippen LogP contribution in [0.25, 0.3) is 81.6 Å². The molecule has 0 N–H and O–H groups in total. The molecule has 0 atom stereocenters. The molecular weight excluding hydrogens is 555 g/mol. The summed E-state index contributed by atoms with van der Waals surface area (Å²) in [6.45, 7) is 0. The van der Waals surface area contributed by atoms with Crippen molar-refractivity contribution in [1.82, 2.24) is 14.5 Å². The van der Waals surface area contributed by atoms with Gasteiger partial charge in [-0.25, -0.2) is 9.97 Å². The summed E-state index contributed by atoms with van der Waals surface area (Å²) in [6.07, 6.45) is 0. The largest absolute Gasteiger partial charge is 0.277 e. The van der Waals surface area contributed by atoms with Crippen molar-refractivity contribution in [3.63, 3.8) is 0 Å². The zero-order valence-electron chi connectivity index (χ0n) is 23.7. The molecule has 0 unspecified atom stereocenters. The second-order valence-electron chi connectivity index (χ2n) is 11.0. The first-order chi connectivity index (χ1) is 21.8. The lowest BCUT2D eigenvalue weighted by molar-refractivity contribution is 0.998. The smallest absolute Gasteiger partial charge is 0.235 e. The summed E-state index contributed by atoms with van der Waals surface area (Å²) in [5.41, 5.74) is 8.65. The minimum Gasteiger partial charge on any atom is -0.277 e. The van der Waals surface area contributed by atoms with Gasteiger partial charge in [0.25, 0.3) is 0 Å². The first-order valence-electron chi connectivity index (χ1n) is 14.8. The van der Waals surface area contributed by atoms with Gasteiger partial charge in [0.1, 0.15) is 0 Å². The molecule has 3 aromatic heterocycles. The van der Waals surface area contributed by atoms with E-state index < -0.39 is 0 Å². The van der Waals surface area contributed by atoms with Crippen molar-refractivity contribution in [2.75, 3.05) is 0 Å². The minimum absolute atomic E-state index is 0.669. The van der Waals surface area contributed by atoms with Crippen molar-refractivity contribution in [2.45, 2.75) is 0 Å². The van der Waals surface area contributed by atoms with Crippen LogP contribution in [-0.2, 0) is 0 Å². The van der Waals surface area contributed by atoms with Gasteiger partial charge in [0.2, 0.25) is 5.95 Å². The Labute approximate surface area is 258 Å². The fourth-order valence-corrected chi connectivity index (χ4v) is 7.68. The Hall–Kier alpha value is -5.58. The third-order valence-corrected chi connectivity index (χ3v) is 9.64. The van der Waals surface area contributed by atoms with Crippen LogP contribution in [0, 0.1) is 0 Å². The van der Waals surface area contributed by atoms with E-state index in [2.05, 4.69) is 144 Å². The predicted molar refractivity (Wildman–Crippen MR) is 186 cm³/mol. The average molecular weight is 580 g/mol. The van der Waals surface area contributed by atoms with E-state index >= 15 is 0 Å². The molecule has 0 bridgehead atoms. The van der Waals surface area contributed by atoms with E-state index in [4.69, 9.17) is 9.97 Å². The Kier molecular flexibility index (Phi) is 5.68. The molecule has 0 saturated carbocycles. The van der Waals surface area contributed by atoms with Gasteiger partial charge in [0, 0.05) is 42.1 Å². The van der Waals surface area contributed by atoms with Crippen molar-refractivity contribution >= 4 is 53.3 Å². The van der Waals surface area contributed by atoms with Gasteiger partial charge in [-0.1, -0.05) is 133 Å². The van der Waals surface area contributed by atoms with E-state index in [-0.39, 0.29) is 0 Å². The number of thiophene rings is 1. The normalized spacial score (nSPS) is 11.6. The van der Waals surface area contributed by atoms with Crippen LogP contribution in [0.2, 0.25) is 0 Å². The highest BCUT2D eigenvalue weighted by molar-refractivity contribution is 7.26. The van der Waals surface area contributed by atoms with Crippen molar-refractivity contribution < 1.29 is 0 Å². The van der Waals surface area contributed by atoms with Crippen LogP contribution in [0.5, 0.6) is 0 Å². The van der Waals surface area contributed by atoms with Crippen molar-refractivity contribution in [2.24, 2.45) is 0 Å². The molecule has 0 radical (unpaired) electrons. The number of fused-ring (bicyclic) bond motifs is 7. The summed E-state index contributed by atoms with van der Waals surface area (Å²) in [7, 11) is 0. The van der Waals surface area contributed by atoms with E-state index in [9.17, 15) is 0 Å². The van der Waals surface area contributed by atoms with E-state index in [1.807, 2.05) is 23.5 Å². The zero-order valence-corrected chi connectivity index (χ0v) is 24.5. The van der Waals surface area contributed by atoms with Crippen LogP contribution in [0.4, 0.5) is 0 Å².